The van der Waals surface area contributed by atoms with Crippen LogP contribution in [-0.2, 0) is 19.1 Å². The molecule has 1 fully saturated rings. The molecule has 0 spiro atoms. The number of carbonyl (C=O) groups excluding carboxylic acids is 2. The van der Waals surface area contributed by atoms with Crippen molar-refractivity contribution in [2.24, 2.45) is 11.8 Å². The number of esters is 2. The van der Waals surface area contributed by atoms with Crippen LogP contribution >= 0.6 is 0 Å². The maximum absolute atomic E-state index is 11.0. The molecule has 0 bridgehead atoms. The van der Waals surface area contributed by atoms with Crippen LogP contribution in [0.2, 0.25) is 0 Å². The molecule has 4 nitrogen and oxygen atoms in total. The Morgan fingerprint density at radius 1 is 1.00 bits per heavy atom. The van der Waals surface area contributed by atoms with Gasteiger partial charge in [-0.2, -0.15) is 0 Å². The van der Waals surface area contributed by atoms with Crippen molar-refractivity contribution in [3.63, 3.8) is 0 Å². The highest BCUT2D eigenvalue weighted by Gasteiger charge is 2.34. The summed E-state index contributed by atoms with van der Waals surface area (Å²) < 4.78 is 9.16. The summed E-state index contributed by atoms with van der Waals surface area (Å²) in [5.41, 5.74) is 0. The maximum Gasteiger partial charge on any atom is 0.305 e. The summed E-state index contributed by atoms with van der Waals surface area (Å²) in [6.45, 7) is 0. The fourth-order valence-electron chi connectivity index (χ4n) is 1.77. The van der Waals surface area contributed by atoms with E-state index in [0.29, 0.717) is 24.7 Å². The Hall–Kier alpha value is -1.06. The second-order valence-electron chi connectivity index (χ2n) is 3.66. The van der Waals surface area contributed by atoms with Crippen LogP contribution in [0.4, 0.5) is 0 Å². The average Bonchev–Trinajstić information content (AvgIpc) is 2.19. The van der Waals surface area contributed by atoms with E-state index in [4.69, 9.17) is 0 Å². The van der Waals surface area contributed by atoms with Gasteiger partial charge in [-0.15, -0.1) is 0 Å². The molecule has 1 aliphatic rings. The second-order valence-corrected chi connectivity index (χ2v) is 3.66. The fourth-order valence-corrected chi connectivity index (χ4v) is 1.77. The van der Waals surface area contributed by atoms with Gasteiger partial charge in [0.1, 0.15) is 0 Å². The first-order chi connectivity index (χ1) is 6.67. The molecule has 4 heteroatoms. The Bertz CT molecular complexity index is 200. The van der Waals surface area contributed by atoms with E-state index in [1.54, 1.807) is 0 Å². The Morgan fingerprint density at radius 2 is 1.36 bits per heavy atom. The van der Waals surface area contributed by atoms with Gasteiger partial charge in [-0.3, -0.25) is 9.59 Å². The highest BCUT2D eigenvalue weighted by Crippen LogP contribution is 2.39. The summed E-state index contributed by atoms with van der Waals surface area (Å²) in [7, 11) is 2.77. The first-order valence-corrected chi connectivity index (χ1v) is 4.81. The number of hydrogen-bond donors (Lipinski definition) is 0. The van der Waals surface area contributed by atoms with Crippen LogP contribution in [0, 0.1) is 11.8 Å². The number of rotatable bonds is 4. The zero-order valence-corrected chi connectivity index (χ0v) is 8.62. The third-order valence-corrected chi connectivity index (χ3v) is 2.89. The van der Waals surface area contributed by atoms with Crippen LogP contribution in [-0.4, -0.2) is 26.2 Å². The smallest absolute Gasteiger partial charge is 0.305 e. The van der Waals surface area contributed by atoms with Crippen LogP contribution < -0.4 is 0 Å². The molecule has 0 amide bonds. The van der Waals surface area contributed by atoms with Gasteiger partial charge >= 0.3 is 11.9 Å². The molecule has 0 radical (unpaired) electrons. The van der Waals surface area contributed by atoms with E-state index in [0.717, 1.165) is 12.8 Å². The number of methoxy groups -OCH3 is 2. The van der Waals surface area contributed by atoms with Gasteiger partial charge in [-0.25, -0.2) is 0 Å². The standard InChI is InChI=1S/C10H16O4/c1-13-9(11)5-7-3-4-8(7)6-10(12)14-2/h7-8H,3-6H2,1-2H3/t7-,8-/m1/s1. The molecule has 0 saturated heterocycles. The lowest BCUT2D eigenvalue weighted by atomic mass is 9.70. The molecule has 0 aromatic heterocycles. The minimum Gasteiger partial charge on any atom is -0.469 e. The monoisotopic (exact) mass is 200 g/mol. The Morgan fingerprint density at radius 3 is 1.57 bits per heavy atom. The molecule has 0 aromatic carbocycles. The molecule has 1 saturated carbocycles. The molecule has 14 heavy (non-hydrogen) atoms. The zero-order valence-electron chi connectivity index (χ0n) is 8.62. The molecule has 1 aliphatic carbocycles. The van der Waals surface area contributed by atoms with E-state index in [-0.39, 0.29) is 11.9 Å². The van der Waals surface area contributed by atoms with Crippen LogP contribution in [0.25, 0.3) is 0 Å². The summed E-state index contributed by atoms with van der Waals surface area (Å²) in [5, 5.41) is 0. The Balaban J connectivity index is 2.28. The minimum atomic E-state index is -0.190. The maximum atomic E-state index is 11.0. The topological polar surface area (TPSA) is 52.6 Å². The minimum absolute atomic E-state index is 0.190. The van der Waals surface area contributed by atoms with E-state index in [1.807, 2.05) is 0 Å². The van der Waals surface area contributed by atoms with Crippen molar-refractivity contribution in [2.75, 3.05) is 14.2 Å². The first kappa shape index (κ1) is 11.0. The van der Waals surface area contributed by atoms with Gasteiger partial charge < -0.3 is 9.47 Å². The van der Waals surface area contributed by atoms with Crippen LogP contribution in [0.1, 0.15) is 25.7 Å². The van der Waals surface area contributed by atoms with Crippen molar-refractivity contribution in [2.45, 2.75) is 25.7 Å². The molecule has 0 heterocycles. The third-order valence-electron chi connectivity index (χ3n) is 2.89. The molecule has 0 aliphatic heterocycles. The predicted octanol–water partition coefficient (Wildman–Crippen LogP) is 1.14. The van der Waals surface area contributed by atoms with Crippen LogP contribution in [0.15, 0.2) is 0 Å². The molecular weight excluding hydrogens is 184 g/mol. The van der Waals surface area contributed by atoms with Crippen molar-refractivity contribution < 1.29 is 19.1 Å². The van der Waals surface area contributed by atoms with Gasteiger partial charge in [-0.05, 0) is 24.7 Å². The van der Waals surface area contributed by atoms with E-state index in [1.165, 1.54) is 14.2 Å². The van der Waals surface area contributed by atoms with Gasteiger partial charge in [0, 0.05) is 12.8 Å². The fraction of sp³-hybridized carbons (Fsp3) is 0.800. The summed E-state index contributed by atoms with van der Waals surface area (Å²) in [4.78, 5) is 22.0. The van der Waals surface area contributed by atoms with E-state index in [2.05, 4.69) is 9.47 Å². The second kappa shape index (κ2) is 4.98. The average molecular weight is 200 g/mol. The number of ether oxygens (including phenoxy) is 2. The van der Waals surface area contributed by atoms with E-state index in [9.17, 15) is 9.59 Å². The predicted molar refractivity (Wildman–Crippen MR) is 49.5 cm³/mol. The zero-order chi connectivity index (χ0) is 10.6. The van der Waals surface area contributed by atoms with Crippen molar-refractivity contribution >= 4 is 11.9 Å². The first-order valence-electron chi connectivity index (χ1n) is 4.81. The lowest BCUT2D eigenvalue weighted by Gasteiger charge is -2.35. The van der Waals surface area contributed by atoms with Gasteiger partial charge in [0.05, 0.1) is 14.2 Å². The van der Waals surface area contributed by atoms with Crippen molar-refractivity contribution in [1.29, 1.82) is 0 Å². The largest absolute Gasteiger partial charge is 0.469 e. The lowest BCUT2D eigenvalue weighted by Crippen LogP contribution is -2.30. The van der Waals surface area contributed by atoms with E-state index < -0.39 is 0 Å². The van der Waals surface area contributed by atoms with Crippen molar-refractivity contribution in [3.8, 4) is 0 Å². The van der Waals surface area contributed by atoms with Crippen molar-refractivity contribution in [1.82, 2.24) is 0 Å². The molecule has 2 atom stereocenters. The SMILES string of the molecule is COC(=O)C[C@H]1CC[C@@H]1CC(=O)OC. The third kappa shape index (κ3) is 2.72. The Kier molecular flexibility index (Phi) is 3.92. The number of carbonyl (C=O) groups is 2. The molecule has 1 rings (SSSR count). The molecular formula is C10H16O4. The summed E-state index contributed by atoms with van der Waals surface area (Å²) in [6, 6.07) is 0. The normalized spacial score (nSPS) is 25.0. The van der Waals surface area contributed by atoms with Crippen LogP contribution in [0.5, 0.6) is 0 Å². The summed E-state index contributed by atoms with van der Waals surface area (Å²) in [6.07, 6.45) is 2.88. The van der Waals surface area contributed by atoms with Gasteiger partial charge in [-0.1, -0.05) is 0 Å². The van der Waals surface area contributed by atoms with Gasteiger partial charge in [0.15, 0.2) is 0 Å². The van der Waals surface area contributed by atoms with E-state index >= 15 is 0 Å². The van der Waals surface area contributed by atoms with Gasteiger partial charge in [0.25, 0.3) is 0 Å². The molecule has 80 valence electrons. The highest BCUT2D eigenvalue weighted by molar-refractivity contribution is 5.71. The van der Waals surface area contributed by atoms with Crippen molar-refractivity contribution in [3.05, 3.63) is 0 Å². The quantitative estimate of drug-likeness (QED) is 0.638. The molecule has 0 aromatic rings. The van der Waals surface area contributed by atoms with Crippen LogP contribution in [0.3, 0.4) is 0 Å². The lowest BCUT2D eigenvalue weighted by molar-refractivity contribution is -0.147. The Labute approximate surface area is 83.6 Å². The highest BCUT2D eigenvalue weighted by atomic mass is 16.5. The summed E-state index contributed by atoms with van der Waals surface area (Å²) >= 11 is 0. The molecule has 0 N–H and O–H groups in total. The molecule has 0 unspecified atom stereocenters. The van der Waals surface area contributed by atoms with Gasteiger partial charge in [0.2, 0.25) is 0 Å². The number of hydrogen-bond acceptors (Lipinski definition) is 4. The summed E-state index contributed by atoms with van der Waals surface area (Å²) in [5.74, 6) is 0.234.